The second-order valence-corrected chi connectivity index (χ2v) is 8.75. The van der Waals surface area contributed by atoms with E-state index >= 15 is 0 Å². The Morgan fingerprint density at radius 1 is 0.800 bits per heavy atom. The molecule has 4 aromatic rings. The lowest BCUT2D eigenvalue weighted by atomic mass is 9.95. The molecule has 30 heavy (non-hydrogen) atoms. The van der Waals surface area contributed by atoms with Crippen LogP contribution >= 0.6 is 15.9 Å². The Morgan fingerprint density at radius 2 is 1.47 bits per heavy atom. The lowest BCUT2D eigenvalue weighted by Gasteiger charge is -2.13. The van der Waals surface area contributed by atoms with Gasteiger partial charge in [0.2, 0.25) is 0 Å². The van der Waals surface area contributed by atoms with Crippen molar-refractivity contribution in [3.8, 4) is 16.9 Å². The molecule has 152 valence electrons. The zero-order valence-corrected chi connectivity index (χ0v) is 19.4. The first-order chi connectivity index (χ1) is 14.5. The first-order valence-corrected chi connectivity index (χ1v) is 11.5. The summed E-state index contributed by atoms with van der Waals surface area (Å²) in [4.78, 5) is 0. The Hall–Kier alpha value is -2.65. The Morgan fingerprint density at radius 3 is 2.10 bits per heavy atom. The van der Waals surface area contributed by atoms with Gasteiger partial charge in [-0.2, -0.15) is 5.10 Å². The zero-order valence-electron chi connectivity index (χ0n) is 17.8. The molecule has 4 rings (SSSR count). The van der Waals surface area contributed by atoms with Gasteiger partial charge in [0.25, 0.3) is 0 Å². The van der Waals surface area contributed by atoms with E-state index in [1.54, 1.807) is 0 Å². The van der Waals surface area contributed by atoms with Gasteiger partial charge in [0.15, 0.2) is 0 Å². The van der Waals surface area contributed by atoms with E-state index in [0.29, 0.717) is 5.92 Å². The largest absolute Gasteiger partial charge is 0.233 e. The smallest absolute Gasteiger partial charge is 0.0743 e. The second-order valence-electron chi connectivity index (χ2n) is 8.10. The van der Waals surface area contributed by atoms with Crippen LogP contribution in [0.5, 0.6) is 0 Å². The molecule has 0 aliphatic carbocycles. The summed E-state index contributed by atoms with van der Waals surface area (Å²) in [6, 6.07) is 28.3. The lowest BCUT2D eigenvalue weighted by molar-refractivity contribution is 0.734. The van der Waals surface area contributed by atoms with Crippen LogP contribution in [0.1, 0.15) is 33.9 Å². The number of halogens is 1. The van der Waals surface area contributed by atoms with Crippen LogP contribution in [0.25, 0.3) is 16.9 Å². The topological polar surface area (TPSA) is 17.8 Å². The van der Waals surface area contributed by atoms with Gasteiger partial charge in [-0.05, 0) is 56.9 Å². The molecule has 0 saturated carbocycles. The van der Waals surface area contributed by atoms with Gasteiger partial charge in [0.05, 0.1) is 17.1 Å². The minimum atomic E-state index is 0.386. The summed E-state index contributed by atoms with van der Waals surface area (Å²) in [5.41, 5.74) is 9.68. The molecule has 1 aromatic heterocycles. The van der Waals surface area contributed by atoms with Gasteiger partial charge in [0.1, 0.15) is 0 Å². The number of hydrogen-bond acceptors (Lipinski definition) is 1. The Labute approximate surface area is 187 Å². The summed E-state index contributed by atoms with van der Waals surface area (Å²) in [7, 11) is 0. The highest BCUT2D eigenvalue weighted by molar-refractivity contribution is 9.09. The van der Waals surface area contributed by atoms with Crippen LogP contribution in [-0.2, 0) is 6.42 Å². The molecular weight excluding hydrogens is 432 g/mol. The van der Waals surface area contributed by atoms with Crippen molar-refractivity contribution in [1.29, 1.82) is 0 Å². The number of rotatable bonds is 6. The fourth-order valence-electron chi connectivity index (χ4n) is 3.78. The van der Waals surface area contributed by atoms with E-state index in [-0.39, 0.29) is 0 Å². The van der Waals surface area contributed by atoms with Gasteiger partial charge < -0.3 is 0 Å². The number of hydrogen-bond donors (Lipinski definition) is 0. The minimum Gasteiger partial charge on any atom is -0.233 e. The predicted octanol–water partition coefficient (Wildman–Crippen LogP) is 7.19. The van der Waals surface area contributed by atoms with E-state index in [2.05, 4.69) is 120 Å². The summed E-state index contributed by atoms with van der Waals surface area (Å²) in [5, 5.41) is 5.95. The van der Waals surface area contributed by atoms with Gasteiger partial charge >= 0.3 is 0 Å². The average Bonchev–Trinajstić information content (AvgIpc) is 3.17. The lowest BCUT2D eigenvalue weighted by Crippen LogP contribution is -2.06. The van der Waals surface area contributed by atoms with E-state index < -0.39 is 0 Å². The van der Waals surface area contributed by atoms with Crippen LogP contribution in [-0.4, -0.2) is 15.1 Å². The molecule has 0 bridgehead atoms. The third-order valence-electron chi connectivity index (χ3n) is 5.54. The number of benzene rings is 3. The van der Waals surface area contributed by atoms with Crippen molar-refractivity contribution in [2.45, 2.75) is 33.1 Å². The molecule has 0 spiro atoms. The highest BCUT2D eigenvalue weighted by atomic mass is 79.9. The molecule has 0 N–H and O–H groups in total. The van der Waals surface area contributed by atoms with Crippen molar-refractivity contribution >= 4 is 15.9 Å². The van der Waals surface area contributed by atoms with Gasteiger partial charge in [-0.15, -0.1) is 0 Å². The maximum absolute atomic E-state index is 5.04. The van der Waals surface area contributed by atoms with E-state index in [9.17, 15) is 0 Å². The third kappa shape index (κ3) is 4.57. The van der Waals surface area contributed by atoms with Crippen LogP contribution in [0.3, 0.4) is 0 Å². The quantitative estimate of drug-likeness (QED) is 0.279. The van der Waals surface area contributed by atoms with E-state index in [1.165, 1.54) is 27.8 Å². The van der Waals surface area contributed by atoms with Crippen LogP contribution in [0, 0.1) is 20.8 Å². The van der Waals surface area contributed by atoms with Crippen molar-refractivity contribution < 1.29 is 0 Å². The molecule has 0 fully saturated rings. The minimum absolute atomic E-state index is 0.386. The molecule has 1 unspecified atom stereocenters. The van der Waals surface area contributed by atoms with Crippen molar-refractivity contribution in [2.75, 3.05) is 5.33 Å². The summed E-state index contributed by atoms with van der Waals surface area (Å²) >= 11 is 3.73. The standard InChI is InChI=1S/C27H27BrN2/c1-19-7-11-22(12-8-19)27-17-25(29-30(27)26-13-9-20(2)10-14-26)16-24(18-28)23-6-4-5-21(3)15-23/h4-15,17,24H,16,18H2,1-3H3. The van der Waals surface area contributed by atoms with E-state index in [0.717, 1.165) is 28.8 Å². The van der Waals surface area contributed by atoms with Crippen molar-refractivity contribution in [3.05, 3.63) is 107 Å². The Kier molecular flexibility index (Phi) is 6.19. The molecule has 1 heterocycles. The van der Waals surface area contributed by atoms with Crippen molar-refractivity contribution in [1.82, 2.24) is 9.78 Å². The highest BCUT2D eigenvalue weighted by Crippen LogP contribution is 2.29. The SMILES string of the molecule is Cc1ccc(-c2cc(CC(CBr)c3cccc(C)c3)nn2-c2ccc(C)cc2)cc1. The first-order valence-electron chi connectivity index (χ1n) is 10.4. The molecule has 3 aromatic carbocycles. The molecular formula is C27H27BrN2. The van der Waals surface area contributed by atoms with E-state index in [4.69, 9.17) is 5.10 Å². The summed E-state index contributed by atoms with van der Waals surface area (Å²) < 4.78 is 2.08. The van der Waals surface area contributed by atoms with Crippen LogP contribution in [0.15, 0.2) is 78.9 Å². The first kappa shape index (κ1) is 20.6. The van der Waals surface area contributed by atoms with Crippen LogP contribution in [0.4, 0.5) is 0 Å². The fourth-order valence-corrected chi connectivity index (χ4v) is 4.38. The summed E-state index contributed by atoms with van der Waals surface area (Å²) in [6.07, 6.45) is 0.895. The molecule has 1 atom stereocenters. The molecule has 0 amide bonds. The Balaban J connectivity index is 1.74. The van der Waals surface area contributed by atoms with Crippen LogP contribution < -0.4 is 0 Å². The Bertz CT molecular complexity index is 1060. The molecule has 0 aliphatic rings. The summed E-state index contributed by atoms with van der Waals surface area (Å²) in [5.74, 6) is 0.386. The van der Waals surface area contributed by atoms with Crippen molar-refractivity contribution in [3.63, 3.8) is 0 Å². The average molecular weight is 459 g/mol. The zero-order chi connectivity index (χ0) is 21.1. The highest BCUT2D eigenvalue weighted by Gasteiger charge is 2.17. The molecule has 0 aliphatic heterocycles. The van der Waals surface area contributed by atoms with Crippen molar-refractivity contribution in [2.24, 2.45) is 0 Å². The molecule has 2 nitrogen and oxygen atoms in total. The maximum atomic E-state index is 5.04. The molecule has 3 heteroatoms. The third-order valence-corrected chi connectivity index (χ3v) is 6.32. The van der Waals surface area contributed by atoms with Gasteiger partial charge in [0, 0.05) is 10.9 Å². The number of nitrogens with zero attached hydrogens (tertiary/aromatic N) is 2. The number of alkyl halides is 1. The van der Waals surface area contributed by atoms with Crippen LogP contribution in [0.2, 0.25) is 0 Å². The van der Waals surface area contributed by atoms with Gasteiger partial charge in [-0.1, -0.05) is 93.3 Å². The maximum Gasteiger partial charge on any atom is 0.0743 e. The molecule has 0 radical (unpaired) electrons. The summed E-state index contributed by atoms with van der Waals surface area (Å²) in [6.45, 7) is 6.38. The van der Waals surface area contributed by atoms with Gasteiger partial charge in [-0.25, -0.2) is 4.68 Å². The predicted molar refractivity (Wildman–Crippen MR) is 130 cm³/mol. The van der Waals surface area contributed by atoms with Gasteiger partial charge in [-0.3, -0.25) is 0 Å². The number of aryl methyl sites for hydroxylation is 3. The normalized spacial score (nSPS) is 12.1. The monoisotopic (exact) mass is 458 g/mol. The number of aromatic nitrogens is 2. The molecule has 0 saturated heterocycles. The second kappa shape index (κ2) is 9.01. The van der Waals surface area contributed by atoms with E-state index in [1.807, 2.05) is 0 Å². The fraction of sp³-hybridized carbons (Fsp3) is 0.222.